The summed E-state index contributed by atoms with van der Waals surface area (Å²) in [6.07, 6.45) is 0. The summed E-state index contributed by atoms with van der Waals surface area (Å²) in [4.78, 5) is 7.70. The molecule has 0 unspecified atom stereocenters. The summed E-state index contributed by atoms with van der Waals surface area (Å²) in [5.74, 6) is 5.26. The van der Waals surface area contributed by atoms with Crippen LogP contribution < -0.4 is 11.3 Å². The van der Waals surface area contributed by atoms with E-state index in [2.05, 4.69) is 32.6 Å². The second-order valence-electron chi connectivity index (χ2n) is 3.68. The van der Waals surface area contributed by atoms with Crippen LogP contribution in [0.5, 0.6) is 0 Å². The average molecular weight is 270 g/mol. The Labute approximate surface area is 107 Å². The first-order chi connectivity index (χ1) is 8.19. The lowest BCUT2D eigenvalue weighted by Gasteiger charge is -2.13. The fourth-order valence-corrected chi connectivity index (χ4v) is 2.97. The topological polar surface area (TPSA) is 80.0 Å². The highest BCUT2D eigenvalue weighted by atomic mass is 32.1. The van der Waals surface area contributed by atoms with Crippen LogP contribution in [0.15, 0.2) is 5.51 Å². The highest BCUT2D eigenvalue weighted by Crippen LogP contribution is 2.18. The number of hydrogen-bond donors (Lipinski definition) is 2. The molecule has 0 amide bonds. The van der Waals surface area contributed by atoms with Crippen LogP contribution in [0, 0.1) is 6.92 Å². The SMILES string of the molecule is Cc1ncsc1CN(C)Cc1nnc(NN)s1. The van der Waals surface area contributed by atoms with Gasteiger partial charge in [-0.25, -0.2) is 10.8 Å². The zero-order chi connectivity index (χ0) is 12.3. The van der Waals surface area contributed by atoms with Crippen LogP contribution in [0.4, 0.5) is 5.13 Å². The van der Waals surface area contributed by atoms with Crippen molar-refractivity contribution in [2.45, 2.75) is 20.0 Å². The quantitative estimate of drug-likeness (QED) is 0.628. The second-order valence-corrected chi connectivity index (χ2v) is 5.68. The lowest BCUT2D eigenvalue weighted by molar-refractivity contribution is 0.319. The first-order valence-electron chi connectivity index (χ1n) is 5.05. The number of aryl methyl sites for hydroxylation is 1. The van der Waals surface area contributed by atoms with Gasteiger partial charge in [-0.05, 0) is 14.0 Å². The Bertz CT molecular complexity index is 479. The van der Waals surface area contributed by atoms with Crippen molar-refractivity contribution in [1.82, 2.24) is 20.1 Å². The number of nitrogens with one attached hydrogen (secondary N) is 1. The van der Waals surface area contributed by atoms with Gasteiger partial charge in [0.2, 0.25) is 5.13 Å². The summed E-state index contributed by atoms with van der Waals surface area (Å²) in [6.45, 7) is 3.67. The lowest BCUT2D eigenvalue weighted by Crippen LogP contribution is -2.17. The largest absolute Gasteiger partial charge is 0.298 e. The van der Waals surface area contributed by atoms with Crippen molar-refractivity contribution in [3.05, 3.63) is 21.1 Å². The molecule has 0 bridgehead atoms. The van der Waals surface area contributed by atoms with Gasteiger partial charge in [-0.2, -0.15) is 0 Å². The van der Waals surface area contributed by atoms with Crippen LogP contribution in [0.25, 0.3) is 0 Å². The molecule has 3 N–H and O–H groups in total. The fraction of sp³-hybridized carbons (Fsp3) is 0.444. The molecule has 0 aliphatic rings. The molecule has 17 heavy (non-hydrogen) atoms. The Morgan fingerprint density at radius 1 is 1.41 bits per heavy atom. The van der Waals surface area contributed by atoms with Gasteiger partial charge in [0.05, 0.1) is 17.7 Å². The van der Waals surface area contributed by atoms with E-state index in [0.29, 0.717) is 5.13 Å². The number of nitrogens with zero attached hydrogens (tertiary/aromatic N) is 4. The maximum Gasteiger partial charge on any atom is 0.219 e. The normalized spacial score (nSPS) is 11.1. The third-order valence-corrected chi connectivity index (χ3v) is 4.01. The zero-order valence-corrected chi connectivity index (χ0v) is 11.3. The van der Waals surface area contributed by atoms with Crippen LogP contribution in [-0.4, -0.2) is 27.1 Å². The predicted molar refractivity (Wildman–Crippen MR) is 69.7 cm³/mol. The number of hydrazine groups is 1. The van der Waals surface area contributed by atoms with Crippen LogP contribution >= 0.6 is 22.7 Å². The number of nitrogen functional groups attached to an aromatic ring is 1. The van der Waals surface area contributed by atoms with Crippen LogP contribution in [0.2, 0.25) is 0 Å². The highest BCUT2D eigenvalue weighted by molar-refractivity contribution is 7.15. The third kappa shape index (κ3) is 3.19. The first-order valence-corrected chi connectivity index (χ1v) is 6.75. The van der Waals surface area contributed by atoms with Crippen molar-refractivity contribution < 1.29 is 0 Å². The maximum atomic E-state index is 5.26. The number of nitrogens with two attached hydrogens (primary N) is 1. The molecule has 0 atom stereocenters. The second kappa shape index (κ2) is 5.50. The molecule has 0 fully saturated rings. The Hall–Kier alpha value is -1.09. The molecule has 92 valence electrons. The van der Waals surface area contributed by atoms with E-state index >= 15 is 0 Å². The van der Waals surface area contributed by atoms with E-state index in [-0.39, 0.29) is 0 Å². The van der Waals surface area contributed by atoms with E-state index in [4.69, 9.17) is 5.84 Å². The van der Waals surface area contributed by atoms with Gasteiger partial charge in [-0.15, -0.1) is 21.5 Å². The summed E-state index contributed by atoms with van der Waals surface area (Å²) in [5, 5.41) is 9.54. The van der Waals surface area contributed by atoms with Crippen LogP contribution in [0.1, 0.15) is 15.6 Å². The van der Waals surface area contributed by atoms with Gasteiger partial charge < -0.3 is 0 Å². The molecular weight excluding hydrogens is 256 g/mol. The predicted octanol–water partition coefficient (Wildman–Crippen LogP) is 1.22. The molecule has 6 nitrogen and oxygen atoms in total. The zero-order valence-electron chi connectivity index (χ0n) is 9.67. The molecule has 0 radical (unpaired) electrons. The van der Waals surface area contributed by atoms with E-state index in [1.165, 1.54) is 16.2 Å². The molecule has 0 saturated heterocycles. The van der Waals surface area contributed by atoms with Crippen molar-refractivity contribution >= 4 is 27.8 Å². The van der Waals surface area contributed by atoms with Gasteiger partial charge in [-0.1, -0.05) is 11.3 Å². The minimum absolute atomic E-state index is 0.641. The molecule has 0 spiro atoms. The molecule has 8 heteroatoms. The molecule has 2 rings (SSSR count). The first kappa shape index (κ1) is 12.4. The molecular formula is C9H14N6S2. The molecule has 2 aromatic rings. The van der Waals surface area contributed by atoms with Crippen molar-refractivity contribution in [3.8, 4) is 0 Å². The molecule has 0 aliphatic carbocycles. The Morgan fingerprint density at radius 2 is 2.24 bits per heavy atom. The van der Waals surface area contributed by atoms with E-state index in [1.54, 1.807) is 11.3 Å². The molecule has 2 aromatic heterocycles. The van der Waals surface area contributed by atoms with E-state index in [1.807, 2.05) is 12.4 Å². The van der Waals surface area contributed by atoms with Gasteiger partial charge in [0.15, 0.2) is 0 Å². The van der Waals surface area contributed by atoms with Gasteiger partial charge in [-0.3, -0.25) is 10.3 Å². The number of rotatable bonds is 5. The highest BCUT2D eigenvalue weighted by Gasteiger charge is 2.09. The van der Waals surface area contributed by atoms with Crippen molar-refractivity contribution in [2.75, 3.05) is 12.5 Å². The summed E-state index contributed by atoms with van der Waals surface area (Å²) in [7, 11) is 2.05. The fourth-order valence-electron chi connectivity index (χ4n) is 1.39. The standard InChI is InChI=1S/C9H14N6S2/c1-6-7(16-5-11-6)3-15(2)4-8-13-14-9(12-10)17-8/h5H,3-4,10H2,1-2H3,(H,12,14). The van der Waals surface area contributed by atoms with Crippen LogP contribution in [-0.2, 0) is 13.1 Å². The maximum absolute atomic E-state index is 5.26. The summed E-state index contributed by atoms with van der Waals surface area (Å²) in [5.41, 5.74) is 5.47. The Balaban J connectivity index is 1.93. The molecule has 0 aromatic carbocycles. The summed E-state index contributed by atoms with van der Waals surface area (Å²) >= 11 is 3.15. The number of anilines is 1. The number of thiazole rings is 1. The summed E-state index contributed by atoms with van der Waals surface area (Å²) in [6, 6.07) is 0. The van der Waals surface area contributed by atoms with Crippen molar-refractivity contribution in [1.29, 1.82) is 0 Å². The third-order valence-electron chi connectivity index (χ3n) is 2.25. The van der Waals surface area contributed by atoms with Crippen LogP contribution in [0.3, 0.4) is 0 Å². The van der Waals surface area contributed by atoms with E-state index in [0.717, 1.165) is 23.8 Å². The summed E-state index contributed by atoms with van der Waals surface area (Å²) < 4.78 is 0. The van der Waals surface area contributed by atoms with E-state index < -0.39 is 0 Å². The van der Waals surface area contributed by atoms with Gasteiger partial charge in [0.1, 0.15) is 5.01 Å². The Morgan fingerprint density at radius 3 is 2.82 bits per heavy atom. The smallest absolute Gasteiger partial charge is 0.219 e. The lowest BCUT2D eigenvalue weighted by atomic mass is 10.4. The number of hydrogen-bond acceptors (Lipinski definition) is 8. The van der Waals surface area contributed by atoms with Gasteiger partial charge in [0, 0.05) is 11.4 Å². The van der Waals surface area contributed by atoms with Crippen molar-refractivity contribution in [2.24, 2.45) is 5.84 Å². The molecule has 0 aliphatic heterocycles. The van der Waals surface area contributed by atoms with Gasteiger partial charge >= 0.3 is 0 Å². The number of aromatic nitrogens is 3. The van der Waals surface area contributed by atoms with Crippen molar-refractivity contribution in [3.63, 3.8) is 0 Å². The van der Waals surface area contributed by atoms with E-state index in [9.17, 15) is 0 Å². The Kier molecular flexibility index (Phi) is 4.00. The van der Waals surface area contributed by atoms with Gasteiger partial charge in [0.25, 0.3) is 0 Å². The molecule has 2 heterocycles. The monoisotopic (exact) mass is 270 g/mol. The minimum atomic E-state index is 0.641. The minimum Gasteiger partial charge on any atom is -0.298 e. The molecule has 0 saturated carbocycles. The average Bonchev–Trinajstić information content (AvgIpc) is 2.89.